The highest BCUT2D eigenvalue weighted by Crippen LogP contribution is 2.37. The molecule has 6 heteroatoms. The Balaban J connectivity index is 1.99. The van der Waals surface area contributed by atoms with Gasteiger partial charge in [0, 0.05) is 11.3 Å². The highest BCUT2D eigenvalue weighted by molar-refractivity contribution is 8.14. The normalized spacial score (nSPS) is 17.0. The molecule has 0 unspecified atom stereocenters. The highest BCUT2D eigenvalue weighted by atomic mass is 32.2. The van der Waals surface area contributed by atoms with Crippen LogP contribution in [0.5, 0.6) is 5.75 Å². The number of Topliss-reactive ketones (excluding diaryl/α,β-unsaturated/α-hetero) is 1. The van der Waals surface area contributed by atoms with E-state index in [1.807, 2.05) is 58.0 Å². The Kier molecular flexibility index (Phi) is 5.61. The van der Waals surface area contributed by atoms with Crippen molar-refractivity contribution >= 4 is 34.3 Å². The molecule has 146 valence electrons. The number of carbonyl (C=O) groups is 2. The second kappa shape index (κ2) is 7.80. The molecule has 0 aromatic heterocycles. The van der Waals surface area contributed by atoms with E-state index in [0.717, 1.165) is 11.1 Å². The summed E-state index contributed by atoms with van der Waals surface area (Å²) in [6.07, 6.45) is 0. The average molecular weight is 397 g/mol. The predicted molar refractivity (Wildman–Crippen MR) is 114 cm³/mol. The van der Waals surface area contributed by atoms with Crippen molar-refractivity contribution in [1.29, 1.82) is 0 Å². The number of benzene rings is 2. The molecule has 2 aromatic rings. The van der Waals surface area contributed by atoms with Crippen LogP contribution in [-0.2, 0) is 4.79 Å². The first-order chi connectivity index (χ1) is 13.2. The average Bonchev–Trinajstić information content (AvgIpc) is 2.95. The molecule has 1 fully saturated rings. The zero-order valence-corrected chi connectivity index (χ0v) is 17.6. The number of nitrogens with zero attached hydrogens (tertiary/aromatic N) is 2. The number of carbonyl (C=O) groups excluding carboxylic acids is 2. The van der Waals surface area contributed by atoms with E-state index in [-0.39, 0.29) is 0 Å². The lowest BCUT2D eigenvalue weighted by molar-refractivity contribution is -0.125. The maximum absolute atomic E-state index is 13.1. The molecule has 0 saturated carbocycles. The van der Waals surface area contributed by atoms with Crippen molar-refractivity contribution in [3.8, 4) is 5.75 Å². The summed E-state index contributed by atoms with van der Waals surface area (Å²) >= 11 is 1.47. The van der Waals surface area contributed by atoms with Crippen molar-refractivity contribution in [2.75, 3.05) is 12.9 Å². The van der Waals surface area contributed by atoms with E-state index >= 15 is 0 Å². The van der Waals surface area contributed by atoms with Gasteiger partial charge >= 0.3 is 5.91 Å². The first kappa shape index (κ1) is 20.1. The Hall–Kier alpha value is -2.60. The van der Waals surface area contributed by atoms with Crippen molar-refractivity contribution < 1.29 is 14.3 Å². The van der Waals surface area contributed by atoms with Crippen molar-refractivity contribution in [1.82, 2.24) is 4.90 Å². The third-order valence-corrected chi connectivity index (χ3v) is 6.00. The Morgan fingerprint density at radius 2 is 1.71 bits per heavy atom. The number of amidine groups is 1. The molecule has 1 heterocycles. The molecule has 0 radical (unpaired) electrons. The van der Waals surface area contributed by atoms with Crippen LogP contribution < -0.4 is 4.74 Å². The van der Waals surface area contributed by atoms with Gasteiger partial charge in [-0.15, -0.1) is 0 Å². The van der Waals surface area contributed by atoms with E-state index in [2.05, 4.69) is 4.99 Å². The van der Waals surface area contributed by atoms with Crippen LogP contribution in [0.25, 0.3) is 0 Å². The largest absolute Gasteiger partial charge is 0.494 e. The zero-order chi connectivity index (χ0) is 20.5. The van der Waals surface area contributed by atoms with Crippen LogP contribution in [0.4, 0.5) is 5.69 Å². The molecule has 2 aromatic carbocycles. The molecule has 0 N–H and O–H groups in total. The van der Waals surface area contributed by atoms with Crippen molar-refractivity contribution in [3.63, 3.8) is 0 Å². The van der Waals surface area contributed by atoms with E-state index < -0.39 is 17.2 Å². The molecule has 28 heavy (non-hydrogen) atoms. The smallest absolute Gasteiger partial charge is 0.301 e. The van der Waals surface area contributed by atoms with Crippen LogP contribution in [0.1, 0.15) is 35.3 Å². The summed E-state index contributed by atoms with van der Waals surface area (Å²) in [4.78, 5) is 32.1. The first-order valence-corrected chi connectivity index (χ1v) is 10.0. The van der Waals surface area contributed by atoms with E-state index in [1.165, 1.54) is 16.7 Å². The van der Waals surface area contributed by atoms with E-state index in [1.54, 1.807) is 19.2 Å². The number of methoxy groups -OCH3 is 1. The van der Waals surface area contributed by atoms with Gasteiger partial charge in [-0.2, -0.15) is 0 Å². The van der Waals surface area contributed by atoms with Crippen LogP contribution in [0, 0.1) is 13.8 Å². The maximum Gasteiger partial charge on any atom is 0.301 e. The minimum Gasteiger partial charge on any atom is -0.494 e. The monoisotopic (exact) mass is 396 g/mol. The van der Waals surface area contributed by atoms with E-state index in [4.69, 9.17) is 4.74 Å². The van der Waals surface area contributed by atoms with Gasteiger partial charge in [-0.3, -0.25) is 14.5 Å². The minimum atomic E-state index is -0.566. The second-order valence-electron chi connectivity index (χ2n) is 7.51. The molecule has 1 amide bonds. The van der Waals surface area contributed by atoms with Gasteiger partial charge in [-0.1, -0.05) is 47.7 Å². The number of aliphatic imine (C=N–C) groups is 1. The molecule has 0 spiro atoms. The van der Waals surface area contributed by atoms with Crippen LogP contribution in [-0.4, -0.2) is 40.2 Å². The van der Waals surface area contributed by atoms with Crippen molar-refractivity contribution in [2.45, 2.75) is 33.2 Å². The van der Waals surface area contributed by atoms with E-state index in [0.29, 0.717) is 27.9 Å². The van der Waals surface area contributed by atoms with Gasteiger partial charge in [-0.05, 0) is 45.4 Å². The molecular weight excluding hydrogens is 372 g/mol. The summed E-state index contributed by atoms with van der Waals surface area (Å²) < 4.78 is 5.40. The quantitative estimate of drug-likeness (QED) is 0.562. The summed E-state index contributed by atoms with van der Waals surface area (Å²) in [5.74, 6) is 0.191. The second-order valence-corrected chi connectivity index (χ2v) is 8.45. The molecular formula is C22H24N2O3S. The maximum atomic E-state index is 13.1. The number of aryl methyl sites for hydroxylation is 2. The molecule has 5 nitrogen and oxygen atoms in total. The minimum absolute atomic E-state index is 0.385. The Morgan fingerprint density at radius 3 is 2.36 bits per heavy atom. The van der Waals surface area contributed by atoms with Gasteiger partial charge in [0.2, 0.25) is 0 Å². The fraction of sp³-hybridized carbons (Fsp3) is 0.318. The summed E-state index contributed by atoms with van der Waals surface area (Å²) in [6.45, 7) is 7.79. The zero-order valence-electron chi connectivity index (χ0n) is 16.8. The standard InChI is InChI=1S/C22H24N2O3S/c1-14-6-9-16(10-7-14)19(25)20(26)24-21(28-13-22(24,3)4)23-17-12-15(2)8-11-18(17)27-5/h6-12H,13H2,1-5H3. The lowest BCUT2D eigenvalue weighted by atomic mass is 10.0. The Bertz CT molecular complexity index is 949. The fourth-order valence-corrected chi connectivity index (χ4v) is 4.23. The molecule has 0 atom stereocenters. The molecule has 3 rings (SSSR count). The van der Waals surface area contributed by atoms with Crippen LogP contribution in [0.15, 0.2) is 47.5 Å². The number of ether oxygens (including phenoxy) is 1. The summed E-state index contributed by atoms with van der Waals surface area (Å²) in [6, 6.07) is 12.7. The van der Waals surface area contributed by atoms with Gasteiger partial charge in [0.15, 0.2) is 5.17 Å². The summed E-state index contributed by atoms with van der Waals surface area (Å²) in [7, 11) is 1.59. The number of ketones is 1. The van der Waals surface area contributed by atoms with Gasteiger partial charge < -0.3 is 4.74 Å². The van der Waals surface area contributed by atoms with Gasteiger partial charge in [0.05, 0.1) is 12.6 Å². The highest BCUT2D eigenvalue weighted by Gasteiger charge is 2.43. The molecule has 1 aliphatic rings. The number of amides is 1. The summed E-state index contributed by atoms with van der Waals surface area (Å²) in [5, 5.41) is 0.513. The van der Waals surface area contributed by atoms with Gasteiger partial charge in [-0.25, -0.2) is 4.99 Å². The Labute approximate surface area is 169 Å². The molecule has 0 aliphatic carbocycles. The van der Waals surface area contributed by atoms with Crippen LogP contribution >= 0.6 is 11.8 Å². The number of thioether (sulfide) groups is 1. The third kappa shape index (κ3) is 3.97. The van der Waals surface area contributed by atoms with Crippen molar-refractivity contribution in [3.05, 3.63) is 59.2 Å². The van der Waals surface area contributed by atoms with Crippen LogP contribution in [0.2, 0.25) is 0 Å². The summed E-state index contributed by atoms with van der Waals surface area (Å²) in [5.41, 5.74) is 2.59. The fourth-order valence-electron chi connectivity index (χ4n) is 2.99. The molecule has 0 bridgehead atoms. The van der Waals surface area contributed by atoms with Crippen molar-refractivity contribution in [2.24, 2.45) is 4.99 Å². The number of rotatable bonds is 4. The lowest BCUT2D eigenvalue weighted by Crippen LogP contribution is -2.49. The first-order valence-electron chi connectivity index (χ1n) is 9.04. The Morgan fingerprint density at radius 1 is 1.07 bits per heavy atom. The van der Waals surface area contributed by atoms with E-state index in [9.17, 15) is 9.59 Å². The van der Waals surface area contributed by atoms with Gasteiger partial charge in [0.25, 0.3) is 5.78 Å². The number of hydrogen-bond donors (Lipinski definition) is 0. The van der Waals surface area contributed by atoms with Gasteiger partial charge in [0.1, 0.15) is 11.4 Å². The SMILES string of the molecule is COc1ccc(C)cc1N=C1SCC(C)(C)N1C(=O)C(=O)c1ccc(C)cc1. The topological polar surface area (TPSA) is 59.0 Å². The predicted octanol–water partition coefficient (Wildman–Crippen LogP) is 4.54. The lowest BCUT2D eigenvalue weighted by Gasteiger charge is -2.29. The number of hydrogen-bond acceptors (Lipinski definition) is 5. The molecule has 1 saturated heterocycles. The van der Waals surface area contributed by atoms with Crippen LogP contribution in [0.3, 0.4) is 0 Å². The third-order valence-electron chi connectivity index (χ3n) is 4.61. The molecule has 1 aliphatic heterocycles.